The largest absolute Gasteiger partial charge is 0.370 e. The van der Waals surface area contributed by atoms with Gasteiger partial charge in [0.2, 0.25) is 10.0 Å². The van der Waals surface area contributed by atoms with Gasteiger partial charge in [-0.25, -0.2) is 8.42 Å². The number of non-ortho nitro benzene ring substituents is 1. The van der Waals surface area contributed by atoms with Crippen molar-refractivity contribution in [3.8, 4) is 0 Å². The summed E-state index contributed by atoms with van der Waals surface area (Å²) < 4.78 is 27.7. The fourth-order valence-electron chi connectivity index (χ4n) is 3.46. The Balaban J connectivity index is 2.04. The van der Waals surface area contributed by atoms with Crippen molar-refractivity contribution in [1.82, 2.24) is 4.31 Å². The highest BCUT2D eigenvalue weighted by Crippen LogP contribution is 2.34. The van der Waals surface area contributed by atoms with E-state index >= 15 is 0 Å². The number of hydrogen-bond acceptors (Lipinski definition) is 5. The zero-order chi connectivity index (χ0) is 17.2. The molecule has 0 amide bonds. The molecule has 2 heterocycles. The van der Waals surface area contributed by atoms with Gasteiger partial charge in [-0.1, -0.05) is 6.42 Å². The molecule has 0 aliphatic carbocycles. The van der Waals surface area contributed by atoms with Crippen LogP contribution in [-0.4, -0.2) is 43.8 Å². The highest BCUT2D eigenvalue weighted by atomic mass is 32.2. The number of nitrogens with zero attached hydrogens (tertiary/aromatic N) is 3. The van der Waals surface area contributed by atoms with E-state index in [1.165, 1.54) is 16.4 Å². The van der Waals surface area contributed by atoms with Crippen LogP contribution in [0.4, 0.5) is 11.4 Å². The minimum Gasteiger partial charge on any atom is -0.370 e. The standard InChI is InChI=1S/C16H23N3O4S/c20-19(21)14-7-8-15(17-9-3-1-4-10-17)16(13-14)24(22,23)18-11-5-2-6-12-18/h7-8,13H,1-6,9-12H2. The van der Waals surface area contributed by atoms with E-state index in [1.54, 1.807) is 6.07 Å². The molecule has 1 aromatic rings. The van der Waals surface area contributed by atoms with Crippen LogP contribution in [0.15, 0.2) is 23.1 Å². The quantitative estimate of drug-likeness (QED) is 0.614. The summed E-state index contributed by atoms with van der Waals surface area (Å²) in [5, 5.41) is 11.1. The van der Waals surface area contributed by atoms with E-state index in [0.717, 1.165) is 51.6 Å². The van der Waals surface area contributed by atoms with Crippen molar-refractivity contribution < 1.29 is 13.3 Å². The van der Waals surface area contributed by atoms with Crippen LogP contribution < -0.4 is 4.90 Å². The Morgan fingerprint density at radius 3 is 2.08 bits per heavy atom. The van der Waals surface area contributed by atoms with Gasteiger partial charge >= 0.3 is 0 Å². The molecule has 0 aromatic heterocycles. The molecule has 2 fully saturated rings. The zero-order valence-electron chi connectivity index (χ0n) is 13.7. The van der Waals surface area contributed by atoms with Crippen LogP contribution in [0.25, 0.3) is 0 Å². The summed E-state index contributed by atoms with van der Waals surface area (Å²) in [7, 11) is -3.71. The van der Waals surface area contributed by atoms with Crippen LogP contribution in [-0.2, 0) is 10.0 Å². The van der Waals surface area contributed by atoms with Crippen molar-refractivity contribution in [2.45, 2.75) is 43.4 Å². The molecule has 0 atom stereocenters. The summed E-state index contributed by atoms with van der Waals surface area (Å²) in [6, 6.07) is 4.23. The summed E-state index contributed by atoms with van der Waals surface area (Å²) in [5.74, 6) is 0. The molecular weight excluding hydrogens is 330 g/mol. The third kappa shape index (κ3) is 3.39. The molecule has 0 bridgehead atoms. The van der Waals surface area contributed by atoms with E-state index in [1.807, 2.05) is 4.90 Å². The molecule has 7 nitrogen and oxygen atoms in total. The second-order valence-electron chi connectivity index (χ2n) is 6.42. The highest BCUT2D eigenvalue weighted by Gasteiger charge is 2.31. The summed E-state index contributed by atoms with van der Waals surface area (Å²) in [4.78, 5) is 12.7. The van der Waals surface area contributed by atoms with Crippen LogP contribution in [0.5, 0.6) is 0 Å². The molecule has 132 valence electrons. The maximum atomic E-state index is 13.1. The average molecular weight is 353 g/mol. The van der Waals surface area contributed by atoms with Crippen molar-refractivity contribution in [3.63, 3.8) is 0 Å². The Morgan fingerprint density at radius 2 is 1.50 bits per heavy atom. The molecule has 0 spiro atoms. The second-order valence-corrected chi connectivity index (χ2v) is 8.33. The van der Waals surface area contributed by atoms with Gasteiger partial charge in [0.25, 0.3) is 5.69 Å². The van der Waals surface area contributed by atoms with Crippen molar-refractivity contribution >= 4 is 21.4 Å². The molecule has 3 rings (SSSR count). The molecule has 0 N–H and O–H groups in total. The minimum atomic E-state index is -3.71. The van der Waals surface area contributed by atoms with Gasteiger partial charge in [0.1, 0.15) is 4.90 Å². The predicted octanol–water partition coefficient (Wildman–Crippen LogP) is 2.76. The van der Waals surface area contributed by atoms with Crippen molar-refractivity contribution in [2.24, 2.45) is 0 Å². The van der Waals surface area contributed by atoms with Gasteiger partial charge in [-0.3, -0.25) is 10.1 Å². The smallest absolute Gasteiger partial charge is 0.270 e. The maximum absolute atomic E-state index is 13.1. The first kappa shape index (κ1) is 17.2. The molecule has 1 aromatic carbocycles. The Kier molecular flexibility index (Phi) is 5.05. The van der Waals surface area contributed by atoms with Crippen molar-refractivity contribution in [1.29, 1.82) is 0 Å². The number of piperidine rings is 2. The van der Waals surface area contributed by atoms with Gasteiger partial charge in [0.05, 0.1) is 10.6 Å². The summed E-state index contributed by atoms with van der Waals surface area (Å²) in [5.41, 5.74) is 0.428. The minimum absolute atomic E-state index is 0.0838. The SMILES string of the molecule is O=[N+]([O-])c1ccc(N2CCCCC2)c(S(=O)(=O)N2CCCCC2)c1. The number of benzene rings is 1. The number of nitro benzene ring substituents is 1. The first-order chi connectivity index (χ1) is 11.5. The Labute approximate surface area is 142 Å². The van der Waals surface area contributed by atoms with Crippen molar-refractivity contribution in [2.75, 3.05) is 31.1 Å². The Bertz CT molecular complexity index is 708. The van der Waals surface area contributed by atoms with E-state index in [4.69, 9.17) is 0 Å². The molecule has 2 saturated heterocycles. The summed E-state index contributed by atoms with van der Waals surface area (Å²) >= 11 is 0. The van der Waals surface area contributed by atoms with Gasteiger partial charge in [-0.2, -0.15) is 4.31 Å². The van der Waals surface area contributed by atoms with Gasteiger partial charge < -0.3 is 4.90 Å². The normalized spacial score (nSPS) is 20.1. The molecule has 8 heteroatoms. The maximum Gasteiger partial charge on any atom is 0.270 e. The third-order valence-corrected chi connectivity index (χ3v) is 6.71. The third-order valence-electron chi connectivity index (χ3n) is 4.78. The van der Waals surface area contributed by atoms with E-state index in [9.17, 15) is 18.5 Å². The molecule has 0 saturated carbocycles. The van der Waals surface area contributed by atoms with E-state index in [-0.39, 0.29) is 10.6 Å². The summed E-state index contributed by atoms with van der Waals surface area (Å²) in [6.07, 6.45) is 5.87. The average Bonchev–Trinajstić information content (AvgIpc) is 2.62. The number of nitro groups is 1. The van der Waals surface area contributed by atoms with E-state index < -0.39 is 14.9 Å². The number of hydrogen-bond donors (Lipinski definition) is 0. The monoisotopic (exact) mass is 353 g/mol. The van der Waals surface area contributed by atoms with Crippen LogP contribution >= 0.6 is 0 Å². The molecule has 2 aliphatic rings. The summed E-state index contributed by atoms with van der Waals surface area (Å²) in [6.45, 7) is 2.57. The topological polar surface area (TPSA) is 83.8 Å². The lowest BCUT2D eigenvalue weighted by Crippen LogP contribution is -2.37. The lowest BCUT2D eigenvalue weighted by Gasteiger charge is -2.32. The molecular formula is C16H23N3O4S. The van der Waals surface area contributed by atoms with Gasteiger partial charge in [-0.15, -0.1) is 0 Å². The van der Waals surface area contributed by atoms with E-state index in [2.05, 4.69) is 0 Å². The van der Waals surface area contributed by atoms with Crippen LogP contribution in [0.2, 0.25) is 0 Å². The van der Waals surface area contributed by atoms with Gasteiger partial charge in [0.15, 0.2) is 0 Å². The second kappa shape index (κ2) is 7.06. The van der Waals surface area contributed by atoms with Gasteiger partial charge in [-0.05, 0) is 38.2 Å². The van der Waals surface area contributed by atoms with Crippen LogP contribution in [0.1, 0.15) is 38.5 Å². The zero-order valence-corrected chi connectivity index (χ0v) is 14.5. The predicted molar refractivity (Wildman–Crippen MR) is 91.8 cm³/mol. The Hall–Kier alpha value is -1.67. The Morgan fingerprint density at radius 1 is 0.917 bits per heavy atom. The van der Waals surface area contributed by atoms with Crippen molar-refractivity contribution in [3.05, 3.63) is 28.3 Å². The first-order valence-corrected chi connectivity index (χ1v) is 9.98. The molecule has 2 aliphatic heterocycles. The molecule has 0 radical (unpaired) electrons. The lowest BCUT2D eigenvalue weighted by atomic mass is 10.1. The van der Waals surface area contributed by atoms with Gasteiger partial charge in [0, 0.05) is 38.3 Å². The van der Waals surface area contributed by atoms with Crippen LogP contribution in [0.3, 0.4) is 0 Å². The fourth-order valence-corrected chi connectivity index (χ4v) is 5.21. The highest BCUT2D eigenvalue weighted by molar-refractivity contribution is 7.89. The fraction of sp³-hybridized carbons (Fsp3) is 0.625. The lowest BCUT2D eigenvalue weighted by molar-refractivity contribution is -0.385. The number of rotatable bonds is 4. The molecule has 0 unspecified atom stereocenters. The first-order valence-electron chi connectivity index (χ1n) is 8.54. The molecule has 24 heavy (non-hydrogen) atoms. The van der Waals surface area contributed by atoms with E-state index in [0.29, 0.717) is 18.8 Å². The van der Waals surface area contributed by atoms with Crippen LogP contribution in [0, 0.1) is 10.1 Å². The number of anilines is 1. The number of sulfonamides is 1.